The van der Waals surface area contributed by atoms with Crippen LogP contribution in [0, 0.1) is 21.3 Å². The highest BCUT2D eigenvalue weighted by atomic mass is 127. The molecule has 13 aromatic rings. The van der Waals surface area contributed by atoms with E-state index in [9.17, 15) is 60.2 Å². The molecule has 0 saturated carbocycles. The summed E-state index contributed by atoms with van der Waals surface area (Å²) in [5.41, 5.74) is 26.0. The van der Waals surface area contributed by atoms with Crippen LogP contribution in [-0.4, -0.2) is 171 Å². The number of carboxylic acid groups (broad SMARTS) is 1. The van der Waals surface area contributed by atoms with E-state index in [0.717, 1.165) is 135 Å². The number of halogens is 12. The van der Waals surface area contributed by atoms with Crippen LogP contribution in [0.5, 0.6) is 11.5 Å². The normalized spacial score (nSPS) is 13.6. The van der Waals surface area contributed by atoms with Crippen LogP contribution in [0.2, 0.25) is 25.1 Å². The first-order valence-corrected chi connectivity index (χ1v) is 44.9. The molecule has 0 bridgehead atoms. The molecule has 0 unspecified atom stereocenters. The maximum atomic E-state index is 13.2. The number of aromatic nitrogens is 9. The predicted octanol–water partition coefficient (Wildman–Crippen LogP) is 19.8. The zero-order valence-electron chi connectivity index (χ0n) is 74.5. The number of nitrogens with zero attached hydrogens (tertiary/aromatic N) is 12. The van der Waals surface area contributed by atoms with E-state index in [-0.39, 0.29) is 66.2 Å². The number of carbonyl (C=O) groups is 6. The van der Waals surface area contributed by atoms with Gasteiger partial charge in [-0.15, -0.1) is 26.3 Å². The number of benzene rings is 4. The fraction of sp³-hybridized carbons (Fsp3) is 0.326. The van der Waals surface area contributed by atoms with Crippen molar-refractivity contribution in [2.24, 2.45) is 37.7 Å². The molecule has 7 N–H and O–H groups in total. The van der Waals surface area contributed by atoms with Gasteiger partial charge < -0.3 is 83.9 Å². The van der Waals surface area contributed by atoms with Gasteiger partial charge in [0.25, 0.3) is 5.91 Å². The number of nitrogens with two attached hydrogens (primary N) is 2. The lowest BCUT2D eigenvalue weighted by molar-refractivity contribution is -0.275. The summed E-state index contributed by atoms with van der Waals surface area (Å²) in [4.78, 5) is 102. The van der Waals surface area contributed by atoms with Gasteiger partial charge in [0.1, 0.15) is 52.7 Å². The minimum absolute atomic E-state index is 0. The van der Waals surface area contributed by atoms with Crippen LogP contribution in [0.25, 0.3) is 44.1 Å². The maximum absolute atomic E-state index is 13.2. The van der Waals surface area contributed by atoms with E-state index < -0.39 is 24.7 Å². The molecule has 4 saturated heterocycles. The van der Waals surface area contributed by atoms with E-state index >= 15 is 0 Å². The van der Waals surface area contributed by atoms with Crippen LogP contribution in [0.15, 0.2) is 158 Å². The Hall–Kier alpha value is -12.0. The molecule has 716 valence electrons. The molecule has 17 rings (SSSR count). The number of nitrogens with one attached hydrogen (secondary N) is 2. The number of fused-ring (bicyclic) bond motifs is 4. The van der Waals surface area contributed by atoms with Crippen LogP contribution in [0.1, 0.15) is 123 Å². The van der Waals surface area contributed by atoms with Crippen molar-refractivity contribution in [2.75, 3.05) is 99.0 Å². The number of pyridine rings is 5. The quantitative estimate of drug-likeness (QED) is 0.0118. The Morgan fingerprint density at radius 1 is 0.496 bits per heavy atom. The summed E-state index contributed by atoms with van der Waals surface area (Å²) in [7, 11) is 9.59. The predicted molar refractivity (Wildman–Crippen MR) is 522 cm³/mol. The molecule has 13 heterocycles. The first-order chi connectivity index (χ1) is 63.6. The molecule has 4 aliphatic heterocycles. The van der Waals surface area contributed by atoms with E-state index in [1.54, 1.807) is 77.8 Å². The molecule has 2 spiro atoms. The lowest BCUT2D eigenvalue weighted by Crippen LogP contribution is -2.72. The third-order valence-electron chi connectivity index (χ3n) is 22.7. The Kier molecular flexibility index (Phi) is 35.5. The molecule has 28 nitrogen and oxygen atoms in total. The van der Waals surface area contributed by atoms with Gasteiger partial charge in [-0.2, -0.15) is 0 Å². The number of Topliss-reactive ketones (excluding diaryl/α,β-unsaturated/α-hetero) is 1. The minimum Gasteiger partial charge on any atom is -0.478 e. The Labute approximate surface area is 813 Å². The number of aryl methyl sites for hydroxylation is 4. The van der Waals surface area contributed by atoms with Crippen molar-refractivity contribution in [1.82, 2.24) is 48.9 Å². The first kappa shape index (κ1) is 105. The second kappa shape index (κ2) is 45.6. The van der Waals surface area contributed by atoms with Gasteiger partial charge >= 0.3 is 36.6 Å². The van der Waals surface area contributed by atoms with Gasteiger partial charge in [0.05, 0.1) is 79.2 Å². The molecule has 4 aliphatic rings. The third-order valence-corrected chi connectivity index (χ3v) is 24.6. The lowest BCUT2D eigenvalue weighted by Gasteiger charge is -2.61. The second-order valence-electron chi connectivity index (χ2n) is 31.7. The summed E-state index contributed by atoms with van der Waals surface area (Å²) < 4.78 is 102. The number of amides is 1. The molecule has 0 radical (unpaired) electrons. The van der Waals surface area contributed by atoms with Crippen LogP contribution < -0.4 is 45.9 Å². The second-order valence-corrected chi connectivity index (χ2v) is 35.1. The van der Waals surface area contributed by atoms with Crippen LogP contribution in [0.3, 0.4) is 0 Å². The molecule has 9 aromatic heterocycles. The monoisotopic (exact) mass is 2070 g/mol. The Balaban J connectivity index is 0.000000174. The number of nitrogen functional groups attached to an aromatic ring is 1. The van der Waals surface area contributed by atoms with Gasteiger partial charge in [0, 0.05) is 195 Å². The summed E-state index contributed by atoms with van der Waals surface area (Å²) in [5, 5.41) is 17.6. The van der Waals surface area contributed by atoms with Crippen LogP contribution in [-0.2, 0) is 83.7 Å². The highest BCUT2D eigenvalue weighted by molar-refractivity contribution is 14.1. The van der Waals surface area contributed by atoms with Gasteiger partial charge in [-0.1, -0.05) is 117 Å². The summed E-state index contributed by atoms with van der Waals surface area (Å²) in [6.45, 7) is 19.6. The van der Waals surface area contributed by atoms with Gasteiger partial charge in [0.15, 0.2) is 5.78 Å². The maximum Gasteiger partial charge on any atom is 0.573 e. The van der Waals surface area contributed by atoms with Crippen molar-refractivity contribution >= 4 is 189 Å². The zero-order valence-corrected chi connectivity index (χ0v) is 80.5. The SMILES string of the molecule is C.CCc1[nH]c2ncc(Cl)cc2c1C(=O)OC.CCc1c(C(=O)NCc2ccc(N3CC4(C3)CN(c3ccc(OC(F)(F)F)cc3)C4)cc2)c2cc(Cl)cnc2n1C.CCc1c(C(=O)O)c2cc(Cl)cnc2n1C.CCc1c(C(=O)OC)c2cc(Cl)cnc2n1C.NCc1ccc(N2CC3(C2)CN(c2ccc(OC(F)(F)F)cc2)C3)cc1.Nc1ncc(Cl)cc1I.[CH2+]CC(=O)CC(=O)OC. The number of carboxylic acids is 1. The van der Waals surface area contributed by atoms with Crippen LogP contribution >= 0.6 is 80.6 Å². The van der Waals surface area contributed by atoms with Crippen molar-refractivity contribution in [3.8, 4) is 11.5 Å². The number of alkyl halides is 6. The molecule has 4 aromatic carbocycles. The average molecular weight is 2080 g/mol. The number of ether oxygens (including phenoxy) is 5. The summed E-state index contributed by atoms with van der Waals surface area (Å²) >= 11 is 31.5. The number of aromatic carboxylic acids is 1. The number of anilines is 5. The largest absolute Gasteiger partial charge is 0.573 e. The topological polar surface area (TPSA) is 341 Å². The molecule has 0 aliphatic carbocycles. The molecule has 4 fully saturated rings. The van der Waals surface area contributed by atoms with Gasteiger partial charge in [-0.25, -0.2) is 39.3 Å². The van der Waals surface area contributed by atoms with E-state index in [0.29, 0.717) is 108 Å². The molecule has 0 atom stereocenters. The smallest absolute Gasteiger partial charge is 0.478 e. The Morgan fingerprint density at radius 2 is 0.844 bits per heavy atom. The number of H-pyrrole nitrogens is 1. The van der Waals surface area contributed by atoms with Crippen molar-refractivity contribution in [3.63, 3.8) is 0 Å². The van der Waals surface area contributed by atoms with E-state index in [1.807, 2.05) is 70.1 Å². The average Bonchev–Trinajstić information content (AvgIpc) is 1.72. The van der Waals surface area contributed by atoms with Crippen molar-refractivity contribution < 1.29 is 83.9 Å². The summed E-state index contributed by atoms with van der Waals surface area (Å²) in [6.07, 6.45) is 1.19. The number of hydrogen-bond acceptors (Lipinski definition) is 22. The van der Waals surface area contributed by atoms with Crippen molar-refractivity contribution in [3.05, 3.63) is 250 Å². The molecule has 40 heteroatoms. The summed E-state index contributed by atoms with van der Waals surface area (Å²) in [6, 6.07) is 37.3. The number of carbonyl (C=O) groups excluding carboxylic acids is 5. The first-order valence-electron chi connectivity index (χ1n) is 41.9. The Morgan fingerprint density at radius 3 is 1.20 bits per heavy atom. The molecular weight excluding hydrogens is 1980 g/mol. The lowest BCUT2D eigenvalue weighted by atomic mass is 9.72. The van der Waals surface area contributed by atoms with Gasteiger partial charge in [0.2, 0.25) is 0 Å². The molecule has 135 heavy (non-hydrogen) atoms. The molecular formula is C95H101Cl5F6IN16O12+. The van der Waals surface area contributed by atoms with Gasteiger partial charge in [-0.05, 0) is 163 Å². The van der Waals surface area contributed by atoms with E-state index in [4.69, 9.17) is 78.9 Å². The third kappa shape index (κ3) is 25.6. The standard InChI is InChI=1S/C30H29ClF3N5O2.C19H20F3N3O.C12H13ClN2O2.2C11H11ClN2O2.C6H9O3.C5H4ClIN2.CH4/c1-3-25-26(24-12-20(31)14-35-27(24)37(25)2)28(40)36-13-19-4-6-21(7-5-19)38-15-29(16-38)17-39(18-29)22-8-10-23(11-9-22)41-30(32,33)34;20-19(21,22)26-17-7-5-16(6-8-17)25-12-18(13-25)10-24(11-18)15-3-1-14(9-23)2-4-15;1-4-9-10(12(16)17-3)8-5-7(13)6-14-11(8)15(9)2;1-3-8-9(11(15)16-2)7-4-6(12)5-13-10(7)14-8;1-3-8-9(11(15)16)7-4-6(12)5-13-10(7)14(8)2;1-3-5(7)4-6(8)9-2;6-3-1-4(7)5(8)9-2-3;/h4-12,14H,3,13,15-18H2,1-2H3,(H,36,40);1-8H,9-13,23H2;5-6H,4H2,1-3H3;4-5H,3H2,1-2H3,(H,13,14);4-5H,3H2,1-2H3,(H,15,16);1,3-4H2,2H3;1-2H,(H2,8,9);1H4/q;;;;;+1;;. The number of methoxy groups -OCH3 is 3. The highest BCUT2D eigenvalue weighted by Gasteiger charge is 2.53. The number of aromatic amines is 1. The number of hydrogen-bond donors (Lipinski definition) is 5. The van der Waals surface area contributed by atoms with Crippen molar-refractivity contribution in [1.29, 1.82) is 0 Å². The number of ketones is 1. The van der Waals surface area contributed by atoms with Gasteiger partial charge in [-0.3, -0.25) is 14.4 Å². The Bertz CT molecular complexity index is 6380. The zero-order chi connectivity index (χ0) is 97.6. The fourth-order valence-electron chi connectivity index (χ4n) is 16.4. The number of rotatable bonds is 20. The van der Waals surface area contributed by atoms with Crippen molar-refractivity contribution in [2.45, 2.75) is 99.5 Å². The number of esters is 3. The van der Waals surface area contributed by atoms with E-state index in [2.05, 4.69) is 135 Å². The molecule has 1 amide bonds. The minimum atomic E-state index is -4.69. The summed E-state index contributed by atoms with van der Waals surface area (Å²) in [5.74, 6) is -2.37. The van der Waals surface area contributed by atoms with E-state index in [1.165, 1.54) is 63.7 Å². The van der Waals surface area contributed by atoms with Crippen LogP contribution in [0.4, 0.5) is 54.9 Å². The highest BCUT2D eigenvalue weighted by Crippen LogP contribution is 2.47. The fourth-order valence-corrected chi connectivity index (χ4v) is 17.8.